The second kappa shape index (κ2) is 7.92. The lowest BCUT2D eigenvalue weighted by Gasteiger charge is -2.18. The first-order valence-corrected chi connectivity index (χ1v) is 8.10. The van der Waals surface area contributed by atoms with Gasteiger partial charge in [-0.3, -0.25) is 4.79 Å². The average molecular weight is 374 g/mol. The number of anilines is 1. The van der Waals surface area contributed by atoms with E-state index in [4.69, 9.17) is 23.2 Å². The third kappa shape index (κ3) is 4.44. The van der Waals surface area contributed by atoms with Gasteiger partial charge in [-0.25, -0.2) is 8.78 Å². The van der Waals surface area contributed by atoms with E-state index in [0.29, 0.717) is 10.6 Å². The van der Waals surface area contributed by atoms with Crippen LogP contribution in [0.15, 0.2) is 36.4 Å². The van der Waals surface area contributed by atoms with Crippen LogP contribution in [-0.2, 0) is 4.79 Å². The lowest BCUT2D eigenvalue weighted by Crippen LogP contribution is -2.91. The number of para-hydroxylation sites is 1. The zero-order valence-electron chi connectivity index (χ0n) is 13.1. The summed E-state index contributed by atoms with van der Waals surface area (Å²) in [6.07, 6.45) is 0. The van der Waals surface area contributed by atoms with Crippen molar-refractivity contribution in [3.63, 3.8) is 0 Å². The molecule has 24 heavy (non-hydrogen) atoms. The van der Waals surface area contributed by atoms with Gasteiger partial charge in [-0.05, 0) is 38.1 Å². The molecule has 3 N–H and O–H groups in total. The predicted molar refractivity (Wildman–Crippen MR) is 91.3 cm³/mol. The lowest BCUT2D eigenvalue weighted by molar-refractivity contribution is -0.709. The molecular formula is C17H17Cl2F2N2O+. The van der Waals surface area contributed by atoms with Gasteiger partial charge in [0.2, 0.25) is 0 Å². The van der Waals surface area contributed by atoms with Gasteiger partial charge >= 0.3 is 0 Å². The summed E-state index contributed by atoms with van der Waals surface area (Å²) in [5.41, 5.74) is 0.648. The van der Waals surface area contributed by atoms with Crippen LogP contribution < -0.4 is 10.6 Å². The summed E-state index contributed by atoms with van der Waals surface area (Å²) in [6.45, 7) is 3.47. The fourth-order valence-electron chi connectivity index (χ4n) is 2.32. The summed E-state index contributed by atoms with van der Waals surface area (Å²) in [6, 6.07) is 7.69. The zero-order chi connectivity index (χ0) is 17.9. The van der Waals surface area contributed by atoms with Crippen molar-refractivity contribution in [2.45, 2.75) is 25.9 Å². The molecule has 0 aliphatic rings. The fourth-order valence-corrected chi connectivity index (χ4v) is 2.88. The number of halogens is 4. The summed E-state index contributed by atoms with van der Waals surface area (Å²) in [5.74, 6) is -1.44. The van der Waals surface area contributed by atoms with Gasteiger partial charge in [-0.2, -0.15) is 0 Å². The maximum Gasteiger partial charge on any atom is 0.282 e. The maximum absolute atomic E-state index is 13.6. The highest BCUT2D eigenvalue weighted by Gasteiger charge is 2.23. The van der Waals surface area contributed by atoms with Gasteiger partial charge in [-0.1, -0.05) is 35.3 Å². The molecule has 0 saturated carbocycles. The molecule has 0 aromatic heterocycles. The number of carbonyl (C=O) groups is 1. The van der Waals surface area contributed by atoms with E-state index in [2.05, 4.69) is 5.32 Å². The third-order valence-corrected chi connectivity index (χ3v) is 4.27. The minimum atomic E-state index is -0.570. The lowest BCUT2D eigenvalue weighted by atomic mass is 10.1. The Bertz CT molecular complexity index is 755. The number of benzene rings is 2. The van der Waals surface area contributed by atoms with Gasteiger partial charge in [0.05, 0.1) is 15.7 Å². The Morgan fingerprint density at radius 1 is 1.08 bits per heavy atom. The van der Waals surface area contributed by atoms with Crippen molar-refractivity contribution in [3.8, 4) is 0 Å². The van der Waals surface area contributed by atoms with Gasteiger partial charge < -0.3 is 10.6 Å². The molecule has 0 aliphatic carbocycles. The SMILES string of the molecule is C[C@H]([NH2+][C@@H](C)c1cc(F)c(Cl)cc1Cl)C(=O)Nc1ccccc1F. The third-order valence-electron chi connectivity index (χ3n) is 3.65. The van der Waals surface area contributed by atoms with Crippen molar-refractivity contribution < 1.29 is 18.9 Å². The number of hydrogen-bond acceptors (Lipinski definition) is 1. The van der Waals surface area contributed by atoms with E-state index in [-0.39, 0.29) is 22.7 Å². The van der Waals surface area contributed by atoms with Crippen molar-refractivity contribution in [1.29, 1.82) is 0 Å². The number of nitrogens with one attached hydrogen (secondary N) is 1. The smallest absolute Gasteiger partial charge is 0.282 e. The summed E-state index contributed by atoms with van der Waals surface area (Å²) in [7, 11) is 0. The molecule has 128 valence electrons. The Morgan fingerprint density at radius 2 is 1.75 bits per heavy atom. The maximum atomic E-state index is 13.6. The molecular weight excluding hydrogens is 357 g/mol. The molecule has 0 spiro atoms. The molecule has 3 nitrogen and oxygen atoms in total. The summed E-state index contributed by atoms with van der Waals surface area (Å²) in [4.78, 5) is 12.2. The Kier molecular flexibility index (Phi) is 6.15. The van der Waals surface area contributed by atoms with Gasteiger partial charge in [0.15, 0.2) is 6.04 Å². The topological polar surface area (TPSA) is 45.7 Å². The number of amides is 1. The van der Waals surface area contributed by atoms with Crippen molar-refractivity contribution >= 4 is 34.8 Å². The first-order valence-electron chi connectivity index (χ1n) is 7.34. The molecule has 2 aromatic rings. The largest absolute Gasteiger partial charge is 0.330 e. The molecule has 0 radical (unpaired) electrons. The molecule has 0 heterocycles. The molecule has 0 bridgehead atoms. The highest BCUT2D eigenvalue weighted by Crippen LogP contribution is 2.27. The summed E-state index contributed by atoms with van der Waals surface area (Å²) < 4.78 is 27.2. The molecule has 0 unspecified atom stereocenters. The van der Waals surface area contributed by atoms with Crippen molar-refractivity contribution in [2.24, 2.45) is 0 Å². The summed E-state index contributed by atoms with van der Waals surface area (Å²) >= 11 is 11.8. The van der Waals surface area contributed by atoms with Gasteiger partial charge in [0, 0.05) is 5.56 Å². The van der Waals surface area contributed by atoms with E-state index >= 15 is 0 Å². The standard InChI is InChI=1S/C17H16Cl2F2N2O/c1-9(11-7-15(21)13(19)8-12(11)18)22-10(2)17(24)23-16-6-4-3-5-14(16)20/h3-10,22H,1-2H3,(H,23,24)/p+1/t9-,10-/m0/s1. The van der Waals surface area contributed by atoms with Crippen molar-refractivity contribution in [3.05, 3.63) is 63.6 Å². The highest BCUT2D eigenvalue weighted by atomic mass is 35.5. The number of rotatable bonds is 5. The van der Waals surface area contributed by atoms with Crippen LogP contribution >= 0.6 is 23.2 Å². The van der Waals surface area contributed by atoms with Crippen LogP contribution in [0.3, 0.4) is 0 Å². The Hall–Kier alpha value is -1.69. The summed E-state index contributed by atoms with van der Waals surface area (Å²) in [5, 5.41) is 4.51. The van der Waals surface area contributed by atoms with Crippen LogP contribution in [-0.4, -0.2) is 11.9 Å². The average Bonchev–Trinajstić information content (AvgIpc) is 2.52. The second-order valence-electron chi connectivity index (χ2n) is 5.53. The Labute approximate surface area is 149 Å². The predicted octanol–water partition coefficient (Wildman–Crippen LogP) is 3.92. The quantitative estimate of drug-likeness (QED) is 0.766. The van der Waals surface area contributed by atoms with Crippen molar-refractivity contribution in [2.75, 3.05) is 5.32 Å². The van der Waals surface area contributed by atoms with Crippen LogP contribution in [0.5, 0.6) is 0 Å². The number of quaternary nitrogens is 1. The molecule has 2 atom stereocenters. The minimum absolute atomic E-state index is 0.0544. The normalized spacial score (nSPS) is 13.4. The van der Waals surface area contributed by atoms with Crippen LogP contribution in [0, 0.1) is 11.6 Å². The van der Waals surface area contributed by atoms with Gasteiger partial charge in [0.1, 0.15) is 17.7 Å². The number of hydrogen-bond donors (Lipinski definition) is 2. The van der Waals surface area contributed by atoms with Crippen LogP contribution in [0.25, 0.3) is 0 Å². The molecule has 0 aliphatic heterocycles. The Morgan fingerprint density at radius 3 is 2.42 bits per heavy atom. The van der Waals surface area contributed by atoms with E-state index in [9.17, 15) is 13.6 Å². The molecule has 1 amide bonds. The van der Waals surface area contributed by atoms with Crippen LogP contribution in [0.2, 0.25) is 10.0 Å². The van der Waals surface area contributed by atoms with Gasteiger partial charge in [-0.15, -0.1) is 0 Å². The van der Waals surface area contributed by atoms with E-state index in [1.54, 1.807) is 31.3 Å². The van der Waals surface area contributed by atoms with Crippen LogP contribution in [0.1, 0.15) is 25.5 Å². The van der Waals surface area contributed by atoms with E-state index in [1.165, 1.54) is 24.3 Å². The number of nitrogens with two attached hydrogens (primary N) is 1. The molecule has 2 aromatic carbocycles. The first kappa shape index (κ1) is 18.6. The monoisotopic (exact) mass is 373 g/mol. The van der Waals surface area contributed by atoms with Crippen LogP contribution in [0.4, 0.5) is 14.5 Å². The molecule has 0 saturated heterocycles. The number of carbonyl (C=O) groups excluding carboxylic acids is 1. The van der Waals surface area contributed by atoms with Gasteiger partial charge in [0.25, 0.3) is 5.91 Å². The van der Waals surface area contributed by atoms with E-state index < -0.39 is 17.7 Å². The van der Waals surface area contributed by atoms with E-state index in [0.717, 1.165) is 0 Å². The second-order valence-corrected chi connectivity index (χ2v) is 6.34. The molecule has 2 rings (SSSR count). The van der Waals surface area contributed by atoms with Crippen molar-refractivity contribution in [1.82, 2.24) is 0 Å². The Balaban J connectivity index is 2.06. The fraction of sp³-hybridized carbons (Fsp3) is 0.235. The minimum Gasteiger partial charge on any atom is -0.330 e. The zero-order valence-corrected chi connectivity index (χ0v) is 14.6. The molecule has 0 fully saturated rings. The highest BCUT2D eigenvalue weighted by molar-refractivity contribution is 6.35. The van der Waals surface area contributed by atoms with E-state index in [1.807, 2.05) is 0 Å². The molecule has 7 heteroatoms. The first-order chi connectivity index (χ1) is 11.3.